The lowest BCUT2D eigenvalue weighted by Gasteiger charge is -1.95. The molecule has 7 heteroatoms. The summed E-state index contributed by atoms with van der Waals surface area (Å²) in [5, 5.41) is 10.6. The second-order valence-electron chi connectivity index (χ2n) is 4.30. The highest BCUT2D eigenvalue weighted by atomic mass is 32.1. The number of nitrogens with zero attached hydrogens (tertiary/aromatic N) is 3. The maximum absolute atomic E-state index is 11.7. The SMILES string of the molecule is CC(=O)c1c(C)n(C)sc1=Nc1ccc([N+](=O)[O-])cc1. The largest absolute Gasteiger partial charge is 0.303 e. The van der Waals surface area contributed by atoms with Crippen LogP contribution in [0.2, 0.25) is 0 Å². The molecule has 0 amide bonds. The van der Waals surface area contributed by atoms with Gasteiger partial charge >= 0.3 is 0 Å². The number of hydrogen-bond donors (Lipinski definition) is 0. The number of Topliss-reactive ketones (excluding diaryl/α,β-unsaturated/α-hetero) is 1. The van der Waals surface area contributed by atoms with Gasteiger partial charge in [-0.2, -0.15) is 0 Å². The molecule has 0 unspecified atom stereocenters. The Morgan fingerprint density at radius 3 is 2.45 bits per heavy atom. The highest BCUT2D eigenvalue weighted by molar-refractivity contribution is 7.04. The summed E-state index contributed by atoms with van der Waals surface area (Å²) < 4.78 is 2.49. The molecule has 1 aromatic carbocycles. The Labute approximate surface area is 119 Å². The minimum Gasteiger partial charge on any atom is -0.303 e. The summed E-state index contributed by atoms with van der Waals surface area (Å²) in [6.45, 7) is 3.37. The van der Waals surface area contributed by atoms with Gasteiger partial charge in [0.15, 0.2) is 5.78 Å². The third-order valence-electron chi connectivity index (χ3n) is 2.91. The second-order valence-corrected chi connectivity index (χ2v) is 5.41. The number of rotatable bonds is 3. The minimum absolute atomic E-state index is 0.0173. The summed E-state index contributed by atoms with van der Waals surface area (Å²) in [6, 6.07) is 5.92. The van der Waals surface area contributed by atoms with E-state index in [1.54, 1.807) is 12.1 Å². The van der Waals surface area contributed by atoms with E-state index in [2.05, 4.69) is 4.99 Å². The lowest BCUT2D eigenvalue weighted by atomic mass is 10.2. The number of benzene rings is 1. The first-order chi connectivity index (χ1) is 9.40. The molecule has 0 aliphatic heterocycles. The molecule has 0 atom stereocenters. The van der Waals surface area contributed by atoms with E-state index >= 15 is 0 Å². The molecule has 0 N–H and O–H groups in total. The Kier molecular flexibility index (Phi) is 3.80. The summed E-state index contributed by atoms with van der Waals surface area (Å²) in [7, 11) is 1.86. The first kappa shape index (κ1) is 14.1. The fraction of sp³-hybridized carbons (Fsp3) is 0.231. The van der Waals surface area contributed by atoms with E-state index in [-0.39, 0.29) is 11.5 Å². The van der Waals surface area contributed by atoms with Crippen LogP contribution in [0.25, 0.3) is 0 Å². The molecule has 2 rings (SSSR count). The normalized spacial score (nSPS) is 11.7. The van der Waals surface area contributed by atoms with Crippen LogP contribution >= 0.6 is 11.5 Å². The maximum atomic E-state index is 11.7. The van der Waals surface area contributed by atoms with Gasteiger partial charge in [0.25, 0.3) is 5.69 Å². The minimum atomic E-state index is -0.458. The van der Waals surface area contributed by atoms with Crippen molar-refractivity contribution in [3.63, 3.8) is 0 Å². The van der Waals surface area contributed by atoms with Gasteiger partial charge in [0.05, 0.1) is 16.2 Å². The maximum Gasteiger partial charge on any atom is 0.269 e. The van der Waals surface area contributed by atoms with Gasteiger partial charge < -0.3 is 3.96 Å². The summed E-state index contributed by atoms with van der Waals surface area (Å²) in [5.74, 6) is -0.0417. The van der Waals surface area contributed by atoms with Crippen molar-refractivity contribution in [3.8, 4) is 0 Å². The lowest BCUT2D eigenvalue weighted by molar-refractivity contribution is -0.384. The molecule has 1 heterocycles. The van der Waals surface area contributed by atoms with E-state index in [1.165, 1.54) is 30.6 Å². The lowest BCUT2D eigenvalue weighted by Crippen LogP contribution is -2.08. The number of aryl methyl sites for hydroxylation is 1. The fourth-order valence-corrected chi connectivity index (χ4v) is 2.82. The molecule has 20 heavy (non-hydrogen) atoms. The number of non-ortho nitro benzene ring substituents is 1. The third kappa shape index (κ3) is 2.67. The van der Waals surface area contributed by atoms with Gasteiger partial charge in [-0.25, -0.2) is 4.99 Å². The number of nitro groups is 1. The molecule has 2 aromatic rings. The zero-order valence-electron chi connectivity index (χ0n) is 11.3. The predicted octanol–water partition coefficient (Wildman–Crippen LogP) is 2.74. The van der Waals surface area contributed by atoms with E-state index < -0.39 is 4.92 Å². The van der Waals surface area contributed by atoms with E-state index in [0.29, 0.717) is 15.9 Å². The summed E-state index contributed by atoms with van der Waals surface area (Å²) in [4.78, 5) is 26.2. The topological polar surface area (TPSA) is 77.5 Å². The summed E-state index contributed by atoms with van der Waals surface area (Å²) >= 11 is 1.37. The van der Waals surface area contributed by atoms with Crippen molar-refractivity contribution in [3.05, 3.63) is 50.3 Å². The van der Waals surface area contributed by atoms with Gasteiger partial charge in [-0.05, 0) is 37.5 Å². The van der Waals surface area contributed by atoms with Crippen molar-refractivity contribution >= 4 is 28.7 Å². The Morgan fingerprint density at radius 2 is 1.95 bits per heavy atom. The van der Waals surface area contributed by atoms with E-state index in [9.17, 15) is 14.9 Å². The Balaban J connectivity index is 2.53. The highest BCUT2D eigenvalue weighted by Gasteiger charge is 2.12. The fourth-order valence-electron chi connectivity index (χ4n) is 1.80. The van der Waals surface area contributed by atoms with Crippen molar-refractivity contribution in [1.29, 1.82) is 0 Å². The quantitative estimate of drug-likeness (QED) is 0.495. The highest BCUT2D eigenvalue weighted by Crippen LogP contribution is 2.18. The van der Waals surface area contributed by atoms with Crippen molar-refractivity contribution in [2.24, 2.45) is 12.0 Å². The van der Waals surface area contributed by atoms with Crippen LogP contribution in [0.5, 0.6) is 0 Å². The first-order valence-corrected chi connectivity index (χ1v) is 6.64. The zero-order valence-corrected chi connectivity index (χ0v) is 12.1. The van der Waals surface area contributed by atoms with Crippen LogP contribution in [-0.2, 0) is 7.05 Å². The van der Waals surface area contributed by atoms with Crippen LogP contribution in [0.3, 0.4) is 0 Å². The molecular weight excluding hydrogens is 278 g/mol. The number of hydrogen-bond acceptors (Lipinski definition) is 5. The van der Waals surface area contributed by atoms with Crippen molar-refractivity contribution in [2.45, 2.75) is 13.8 Å². The molecule has 0 saturated heterocycles. The summed E-state index contributed by atoms with van der Waals surface area (Å²) in [6.07, 6.45) is 0. The monoisotopic (exact) mass is 291 g/mol. The number of aromatic nitrogens is 1. The van der Waals surface area contributed by atoms with Crippen molar-refractivity contribution in [1.82, 2.24) is 3.96 Å². The number of nitro benzene ring substituents is 1. The average molecular weight is 291 g/mol. The van der Waals surface area contributed by atoms with Crippen LogP contribution in [0, 0.1) is 17.0 Å². The van der Waals surface area contributed by atoms with Gasteiger partial charge in [-0.15, -0.1) is 0 Å². The standard InChI is InChI=1S/C13H13N3O3S/c1-8-12(9(2)17)13(20-15(8)3)14-10-4-6-11(7-5-10)16(18)19/h4-7H,1-3H3. The third-order valence-corrected chi connectivity index (χ3v) is 3.93. The van der Waals surface area contributed by atoms with Crippen molar-refractivity contribution < 1.29 is 9.72 Å². The van der Waals surface area contributed by atoms with Crippen LogP contribution < -0.4 is 4.67 Å². The van der Waals surface area contributed by atoms with Gasteiger partial charge in [-0.1, -0.05) is 0 Å². The Morgan fingerprint density at radius 1 is 1.35 bits per heavy atom. The van der Waals surface area contributed by atoms with Gasteiger partial charge in [0.2, 0.25) is 0 Å². The molecule has 0 bridgehead atoms. The van der Waals surface area contributed by atoms with Crippen molar-refractivity contribution in [2.75, 3.05) is 0 Å². The molecular formula is C13H13N3O3S. The molecule has 0 aliphatic carbocycles. The van der Waals surface area contributed by atoms with Crippen LogP contribution in [-0.4, -0.2) is 14.7 Å². The molecule has 6 nitrogen and oxygen atoms in total. The molecule has 0 fully saturated rings. The summed E-state index contributed by atoms with van der Waals surface area (Å²) in [5.41, 5.74) is 2.06. The average Bonchev–Trinajstić information content (AvgIpc) is 2.65. The number of carbonyl (C=O) groups is 1. The first-order valence-electron chi connectivity index (χ1n) is 5.87. The molecule has 0 aliphatic rings. The molecule has 1 aromatic heterocycles. The van der Waals surface area contributed by atoms with Gasteiger partial charge in [-0.3, -0.25) is 14.9 Å². The van der Waals surface area contributed by atoms with E-state index in [0.717, 1.165) is 5.69 Å². The van der Waals surface area contributed by atoms with E-state index in [4.69, 9.17) is 0 Å². The van der Waals surface area contributed by atoms with Crippen LogP contribution in [0.1, 0.15) is 23.0 Å². The Bertz CT molecular complexity index is 741. The zero-order chi connectivity index (χ0) is 14.9. The second kappa shape index (κ2) is 5.38. The molecule has 0 radical (unpaired) electrons. The molecule has 104 valence electrons. The van der Waals surface area contributed by atoms with E-state index in [1.807, 2.05) is 17.9 Å². The smallest absolute Gasteiger partial charge is 0.269 e. The van der Waals surface area contributed by atoms with Gasteiger partial charge in [0, 0.05) is 24.9 Å². The Hall–Kier alpha value is -2.28. The van der Waals surface area contributed by atoms with Crippen LogP contribution in [0.15, 0.2) is 29.3 Å². The van der Waals surface area contributed by atoms with Gasteiger partial charge in [0.1, 0.15) is 4.67 Å². The predicted molar refractivity (Wildman–Crippen MR) is 76.4 cm³/mol. The number of ketones is 1. The molecule has 0 spiro atoms. The van der Waals surface area contributed by atoms with Crippen LogP contribution in [0.4, 0.5) is 11.4 Å². The number of carbonyl (C=O) groups excluding carboxylic acids is 1. The molecule has 0 saturated carbocycles.